The average molecular weight is 378 g/mol. The van der Waals surface area contributed by atoms with Crippen molar-refractivity contribution in [1.29, 1.82) is 0 Å². The van der Waals surface area contributed by atoms with Crippen LogP contribution in [-0.2, 0) is 0 Å². The maximum Gasteiger partial charge on any atom is 0.111 e. The fraction of sp³-hybridized carbons (Fsp3) is 0.217. The van der Waals surface area contributed by atoms with E-state index in [-0.39, 0.29) is 0 Å². The maximum atomic E-state index is 4.11. The molecule has 0 aromatic heterocycles. The third-order valence-corrected chi connectivity index (χ3v) is 12.3. The summed E-state index contributed by atoms with van der Waals surface area (Å²) in [6.07, 6.45) is 2.56. The van der Waals surface area contributed by atoms with Crippen molar-refractivity contribution < 1.29 is 0 Å². The summed E-state index contributed by atoms with van der Waals surface area (Å²) in [5, 5.41) is 1.40. The number of nitrogens with one attached hydrogen (secondary N) is 1. The standard InChI is InChI=1S/C23H26NP2/c1-26(24-25-21-15-9-4-10-16-21)22(19-11-5-2-6-12-19)17-18-23(26)20-13-7-3-8-14-20/h2-16,22-25H,17-18H2,1H3/q+1/t22-,23-/m0/s1. The van der Waals surface area contributed by atoms with Crippen molar-refractivity contribution in [3.05, 3.63) is 102 Å². The summed E-state index contributed by atoms with van der Waals surface area (Å²) in [4.78, 5) is 4.11. The largest absolute Gasteiger partial charge is 0.170 e. The van der Waals surface area contributed by atoms with E-state index in [1.54, 1.807) is 0 Å². The van der Waals surface area contributed by atoms with Crippen LogP contribution in [0.1, 0.15) is 35.3 Å². The van der Waals surface area contributed by atoms with Gasteiger partial charge in [-0.15, -0.1) is 0 Å². The molecule has 1 heterocycles. The van der Waals surface area contributed by atoms with Gasteiger partial charge in [-0.1, -0.05) is 91.0 Å². The van der Waals surface area contributed by atoms with Crippen molar-refractivity contribution in [2.75, 3.05) is 6.66 Å². The molecule has 26 heavy (non-hydrogen) atoms. The summed E-state index contributed by atoms with van der Waals surface area (Å²) in [7, 11) is -0.717. The van der Waals surface area contributed by atoms with E-state index in [1.165, 1.54) is 29.3 Å². The molecule has 0 amide bonds. The van der Waals surface area contributed by atoms with E-state index >= 15 is 0 Å². The van der Waals surface area contributed by atoms with Crippen LogP contribution in [0, 0.1) is 0 Å². The molecule has 1 aliphatic heterocycles. The first kappa shape index (κ1) is 17.9. The first-order valence-corrected chi connectivity index (χ1v) is 12.7. The Bertz CT molecular complexity index is 773. The summed E-state index contributed by atoms with van der Waals surface area (Å²) >= 11 is 0. The lowest BCUT2D eigenvalue weighted by Crippen LogP contribution is -2.17. The van der Waals surface area contributed by atoms with Gasteiger partial charge in [0.1, 0.15) is 11.3 Å². The highest BCUT2D eigenvalue weighted by atomic mass is 31.2. The Morgan fingerprint density at radius 1 is 0.692 bits per heavy atom. The van der Waals surface area contributed by atoms with Crippen LogP contribution in [0.25, 0.3) is 0 Å². The lowest BCUT2D eigenvalue weighted by molar-refractivity contribution is 0.765. The monoisotopic (exact) mass is 378 g/mol. The van der Waals surface area contributed by atoms with Gasteiger partial charge in [-0.2, -0.15) is 4.86 Å². The second-order valence-electron chi connectivity index (χ2n) is 7.18. The summed E-state index contributed by atoms with van der Waals surface area (Å²) in [6.45, 7) is 2.55. The Hall–Kier alpha value is -1.52. The molecule has 132 valence electrons. The Morgan fingerprint density at radius 3 is 1.58 bits per heavy atom. The molecule has 1 nitrogen and oxygen atoms in total. The lowest BCUT2D eigenvalue weighted by Gasteiger charge is -2.31. The van der Waals surface area contributed by atoms with Gasteiger partial charge in [0.2, 0.25) is 0 Å². The van der Waals surface area contributed by atoms with Crippen molar-refractivity contribution in [2.24, 2.45) is 0 Å². The Morgan fingerprint density at radius 2 is 1.12 bits per heavy atom. The van der Waals surface area contributed by atoms with Gasteiger partial charge in [0, 0.05) is 8.73 Å². The summed E-state index contributed by atoms with van der Waals surface area (Å²) < 4.78 is 0. The Kier molecular flexibility index (Phi) is 5.51. The minimum atomic E-state index is -1.39. The van der Waals surface area contributed by atoms with E-state index in [0.29, 0.717) is 20.0 Å². The smallest absolute Gasteiger partial charge is 0.111 e. The lowest BCUT2D eigenvalue weighted by atomic mass is 10.0. The zero-order chi connectivity index (χ0) is 17.8. The first-order valence-electron chi connectivity index (χ1n) is 9.31. The van der Waals surface area contributed by atoms with E-state index in [4.69, 9.17) is 0 Å². The van der Waals surface area contributed by atoms with Gasteiger partial charge >= 0.3 is 0 Å². The van der Waals surface area contributed by atoms with E-state index in [0.717, 1.165) is 0 Å². The molecule has 0 aliphatic carbocycles. The van der Waals surface area contributed by atoms with Gasteiger partial charge in [-0.05, 0) is 29.3 Å². The molecular formula is C23H26NP2+. The number of hydrogen-bond acceptors (Lipinski definition) is 1. The zero-order valence-corrected chi connectivity index (χ0v) is 17.1. The van der Waals surface area contributed by atoms with Crippen molar-refractivity contribution >= 4 is 21.4 Å². The second kappa shape index (κ2) is 8.01. The topological polar surface area (TPSA) is 12.0 Å². The van der Waals surface area contributed by atoms with Gasteiger partial charge in [-0.3, -0.25) is 0 Å². The van der Waals surface area contributed by atoms with Gasteiger partial charge in [0.25, 0.3) is 0 Å². The summed E-state index contributed by atoms with van der Waals surface area (Å²) in [5.74, 6) is 0. The van der Waals surface area contributed by atoms with Crippen molar-refractivity contribution in [2.45, 2.75) is 24.2 Å². The molecule has 3 heteroatoms. The van der Waals surface area contributed by atoms with Gasteiger partial charge in [0.05, 0.1) is 14.1 Å². The predicted octanol–water partition coefficient (Wildman–Crippen LogP) is 6.33. The van der Waals surface area contributed by atoms with E-state index in [1.807, 2.05) is 0 Å². The molecule has 1 N–H and O–H groups in total. The molecule has 4 rings (SSSR count). The molecule has 0 saturated carbocycles. The summed E-state index contributed by atoms with van der Waals surface area (Å²) in [6, 6.07) is 33.2. The first-order chi connectivity index (χ1) is 12.8. The zero-order valence-electron chi connectivity index (χ0n) is 15.2. The molecule has 1 unspecified atom stereocenters. The highest BCUT2D eigenvalue weighted by molar-refractivity contribution is 7.80. The second-order valence-corrected chi connectivity index (χ2v) is 12.4. The third kappa shape index (κ3) is 3.63. The van der Waals surface area contributed by atoms with E-state index < -0.39 is 7.41 Å². The molecular weight excluding hydrogens is 352 g/mol. The van der Waals surface area contributed by atoms with Crippen molar-refractivity contribution in [1.82, 2.24) is 4.86 Å². The van der Waals surface area contributed by atoms with Crippen molar-refractivity contribution in [3.63, 3.8) is 0 Å². The molecule has 0 radical (unpaired) electrons. The predicted molar refractivity (Wildman–Crippen MR) is 118 cm³/mol. The van der Waals surface area contributed by atoms with Crippen LogP contribution in [0.3, 0.4) is 0 Å². The van der Waals surface area contributed by atoms with Crippen LogP contribution in [0.2, 0.25) is 0 Å². The Balaban J connectivity index is 1.66. The van der Waals surface area contributed by atoms with Crippen LogP contribution in [0.4, 0.5) is 0 Å². The molecule has 0 bridgehead atoms. The minimum absolute atomic E-state index is 0.644. The highest BCUT2D eigenvalue weighted by Crippen LogP contribution is 2.80. The maximum absolute atomic E-state index is 4.11. The van der Waals surface area contributed by atoms with Crippen LogP contribution in [-0.4, -0.2) is 6.66 Å². The van der Waals surface area contributed by atoms with Crippen LogP contribution < -0.4 is 10.2 Å². The quantitative estimate of drug-likeness (QED) is 0.511. The van der Waals surface area contributed by atoms with E-state index in [2.05, 4.69) is 103 Å². The Labute approximate surface area is 159 Å². The number of benzene rings is 3. The van der Waals surface area contributed by atoms with Gasteiger partial charge in [0.15, 0.2) is 0 Å². The fourth-order valence-corrected chi connectivity index (χ4v) is 10.7. The minimum Gasteiger partial charge on any atom is -0.170 e. The SMILES string of the molecule is C[P+]1(NPc2ccccc2)[C@H](c2ccccc2)CC[C@H]1c1ccccc1. The van der Waals surface area contributed by atoms with Crippen molar-refractivity contribution in [3.8, 4) is 0 Å². The molecule has 3 aromatic rings. The van der Waals surface area contributed by atoms with Crippen LogP contribution >= 0.6 is 16.1 Å². The molecule has 0 spiro atoms. The van der Waals surface area contributed by atoms with Crippen LogP contribution in [0.15, 0.2) is 91.0 Å². The normalized spacial score (nSPS) is 22.0. The average Bonchev–Trinajstić information content (AvgIpc) is 3.06. The molecule has 3 aromatic carbocycles. The molecule has 1 saturated heterocycles. The van der Waals surface area contributed by atoms with Gasteiger partial charge in [-0.25, -0.2) is 0 Å². The molecule has 3 atom stereocenters. The third-order valence-electron chi connectivity index (χ3n) is 5.59. The number of hydrogen-bond donors (Lipinski definition) is 1. The highest BCUT2D eigenvalue weighted by Gasteiger charge is 2.54. The molecule has 1 fully saturated rings. The van der Waals surface area contributed by atoms with E-state index in [9.17, 15) is 0 Å². The number of rotatable bonds is 5. The summed E-state index contributed by atoms with van der Waals surface area (Å²) in [5.41, 5.74) is 4.30. The molecule has 1 aliphatic rings. The fourth-order valence-electron chi connectivity index (χ4n) is 4.23. The van der Waals surface area contributed by atoms with Gasteiger partial charge < -0.3 is 0 Å². The van der Waals surface area contributed by atoms with Crippen LogP contribution in [0.5, 0.6) is 0 Å².